The van der Waals surface area contributed by atoms with Crippen LogP contribution in [0.3, 0.4) is 0 Å². The van der Waals surface area contributed by atoms with E-state index in [0.29, 0.717) is 5.69 Å². The van der Waals surface area contributed by atoms with Gasteiger partial charge >= 0.3 is 0 Å². The minimum absolute atomic E-state index is 0.103. The number of amides is 1. The Hall–Kier alpha value is -4.25. The number of pyridine rings is 1. The molecule has 186 valence electrons. The predicted molar refractivity (Wildman–Crippen MR) is 125 cm³/mol. The molecule has 4 aromatic rings. The molecule has 2 aromatic carbocycles. The van der Waals surface area contributed by atoms with Crippen molar-refractivity contribution in [2.45, 2.75) is 18.9 Å². The number of hydrogen-bond acceptors (Lipinski definition) is 5. The van der Waals surface area contributed by atoms with Crippen molar-refractivity contribution < 1.29 is 23.1 Å². The van der Waals surface area contributed by atoms with Gasteiger partial charge in [-0.15, -0.1) is 5.10 Å². The average Bonchev–Trinajstić information content (AvgIpc) is 3.30. The highest BCUT2D eigenvalue weighted by Crippen LogP contribution is 2.32. The minimum Gasteiger partial charge on any atom is -0.390 e. The summed E-state index contributed by atoms with van der Waals surface area (Å²) in [6.07, 6.45) is 2.93. The molecule has 1 amide bonds. The lowest BCUT2D eigenvalue weighted by Crippen LogP contribution is -2.30. The third kappa shape index (κ3) is 4.78. The standard InChI is InChI=1S/C25H22F3N5O3/c1-15(19-7-4-8-20(23(19)26)25(27,28)14-34)30-24(36)17-9-10-22(35)33(13-17)18-6-3-5-16(11-18)21-12-29-31-32(21)2/h3-13,15,34H,14H2,1-2H3,(H,30,36)/t15-/m1/s1. The van der Waals surface area contributed by atoms with E-state index in [9.17, 15) is 22.8 Å². The van der Waals surface area contributed by atoms with Crippen LogP contribution in [-0.4, -0.2) is 37.2 Å². The predicted octanol–water partition coefficient (Wildman–Crippen LogP) is 3.35. The number of hydrogen-bond donors (Lipinski definition) is 2. The van der Waals surface area contributed by atoms with Gasteiger partial charge in [-0.05, 0) is 31.2 Å². The van der Waals surface area contributed by atoms with Crippen LogP contribution < -0.4 is 10.9 Å². The number of aromatic nitrogens is 4. The van der Waals surface area contributed by atoms with Crippen molar-refractivity contribution >= 4 is 5.91 Å². The first-order chi connectivity index (χ1) is 17.1. The molecule has 0 saturated heterocycles. The molecule has 2 N–H and O–H groups in total. The van der Waals surface area contributed by atoms with Crippen LogP contribution in [0.15, 0.2) is 71.8 Å². The summed E-state index contributed by atoms with van der Waals surface area (Å²) < 4.78 is 45.4. The van der Waals surface area contributed by atoms with Gasteiger partial charge in [0.25, 0.3) is 17.4 Å². The Kier molecular flexibility index (Phi) is 6.75. The van der Waals surface area contributed by atoms with Crippen LogP contribution in [0.25, 0.3) is 16.9 Å². The zero-order valence-corrected chi connectivity index (χ0v) is 19.3. The first-order valence-electron chi connectivity index (χ1n) is 10.9. The molecule has 2 aromatic heterocycles. The number of rotatable bonds is 7. The molecule has 1 atom stereocenters. The maximum absolute atomic E-state index is 14.8. The van der Waals surface area contributed by atoms with Crippen LogP contribution in [-0.2, 0) is 13.0 Å². The Balaban J connectivity index is 1.62. The second kappa shape index (κ2) is 9.78. The van der Waals surface area contributed by atoms with E-state index in [1.54, 1.807) is 36.1 Å². The Bertz CT molecular complexity index is 1480. The van der Waals surface area contributed by atoms with Gasteiger partial charge in [0.1, 0.15) is 12.4 Å². The number of nitrogens with zero attached hydrogens (tertiary/aromatic N) is 4. The number of aliphatic hydroxyl groups is 1. The summed E-state index contributed by atoms with van der Waals surface area (Å²) in [6.45, 7) is -0.105. The van der Waals surface area contributed by atoms with E-state index in [1.165, 1.54) is 42.0 Å². The van der Waals surface area contributed by atoms with E-state index in [0.717, 1.165) is 17.3 Å². The highest BCUT2D eigenvalue weighted by Gasteiger charge is 2.35. The van der Waals surface area contributed by atoms with E-state index in [4.69, 9.17) is 5.11 Å². The third-order valence-electron chi connectivity index (χ3n) is 5.74. The van der Waals surface area contributed by atoms with Crippen molar-refractivity contribution in [2.75, 3.05) is 6.61 Å². The lowest BCUT2D eigenvalue weighted by atomic mass is 10.00. The molecular formula is C25H22F3N5O3. The Morgan fingerprint density at radius 2 is 1.92 bits per heavy atom. The summed E-state index contributed by atoms with van der Waals surface area (Å²) in [5, 5.41) is 19.2. The molecule has 0 fully saturated rings. The van der Waals surface area contributed by atoms with Crippen molar-refractivity contribution in [3.63, 3.8) is 0 Å². The summed E-state index contributed by atoms with van der Waals surface area (Å²) in [6, 6.07) is 12.0. The number of nitrogens with one attached hydrogen (secondary N) is 1. The van der Waals surface area contributed by atoms with Gasteiger partial charge in [-0.3, -0.25) is 14.2 Å². The number of carbonyl (C=O) groups excluding carboxylic acids is 1. The van der Waals surface area contributed by atoms with E-state index >= 15 is 0 Å². The quantitative estimate of drug-likeness (QED) is 0.408. The molecule has 8 nitrogen and oxygen atoms in total. The Morgan fingerprint density at radius 3 is 2.61 bits per heavy atom. The molecule has 0 radical (unpaired) electrons. The summed E-state index contributed by atoms with van der Waals surface area (Å²) in [5.41, 5.74) is 0.567. The van der Waals surface area contributed by atoms with Crippen LogP contribution in [0.2, 0.25) is 0 Å². The fourth-order valence-corrected chi connectivity index (χ4v) is 3.80. The number of aryl methyl sites for hydroxylation is 1. The summed E-state index contributed by atoms with van der Waals surface area (Å²) in [5.74, 6) is -5.61. The molecule has 0 aliphatic rings. The lowest BCUT2D eigenvalue weighted by molar-refractivity contribution is -0.0584. The number of carbonyl (C=O) groups is 1. The van der Waals surface area contributed by atoms with Gasteiger partial charge in [-0.1, -0.05) is 29.5 Å². The molecule has 36 heavy (non-hydrogen) atoms. The summed E-state index contributed by atoms with van der Waals surface area (Å²) in [4.78, 5) is 25.5. The molecule has 0 unspecified atom stereocenters. The fraction of sp³-hybridized carbons (Fsp3) is 0.200. The second-order valence-electron chi connectivity index (χ2n) is 8.19. The average molecular weight is 497 g/mol. The van der Waals surface area contributed by atoms with Crippen LogP contribution in [0.1, 0.15) is 34.5 Å². The number of alkyl halides is 2. The van der Waals surface area contributed by atoms with E-state index < -0.39 is 35.9 Å². The van der Waals surface area contributed by atoms with Crippen molar-refractivity contribution in [1.82, 2.24) is 24.9 Å². The van der Waals surface area contributed by atoms with E-state index in [-0.39, 0.29) is 16.7 Å². The van der Waals surface area contributed by atoms with Crippen LogP contribution in [0, 0.1) is 5.82 Å². The van der Waals surface area contributed by atoms with Crippen LogP contribution in [0.4, 0.5) is 13.2 Å². The molecule has 0 spiro atoms. The number of halogens is 3. The highest BCUT2D eigenvalue weighted by molar-refractivity contribution is 5.94. The molecule has 0 aliphatic heterocycles. The normalized spacial score (nSPS) is 12.4. The topological polar surface area (TPSA) is 102 Å². The molecular weight excluding hydrogens is 475 g/mol. The van der Waals surface area contributed by atoms with Crippen LogP contribution in [0.5, 0.6) is 0 Å². The molecule has 11 heteroatoms. The molecule has 2 heterocycles. The maximum atomic E-state index is 14.8. The number of benzene rings is 2. The van der Waals surface area contributed by atoms with Gasteiger partial charge in [0, 0.05) is 36.1 Å². The van der Waals surface area contributed by atoms with E-state index in [2.05, 4.69) is 15.6 Å². The van der Waals surface area contributed by atoms with Gasteiger partial charge in [0.15, 0.2) is 0 Å². The molecule has 0 saturated carbocycles. The van der Waals surface area contributed by atoms with E-state index in [1.807, 2.05) is 6.07 Å². The van der Waals surface area contributed by atoms with Gasteiger partial charge in [0.2, 0.25) is 0 Å². The highest BCUT2D eigenvalue weighted by atomic mass is 19.3. The largest absolute Gasteiger partial charge is 0.390 e. The first-order valence-corrected chi connectivity index (χ1v) is 10.9. The first kappa shape index (κ1) is 24.9. The zero-order chi connectivity index (χ0) is 26.0. The van der Waals surface area contributed by atoms with Gasteiger partial charge in [-0.2, -0.15) is 8.78 Å². The zero-order valence-electron chi connectivity index (χ0n) is 19.3. The maximum Gasteiger partial charge on any atom is 0.298 e. The molecule has 0 aliphatic carbocycles. The smallest absolute Gasteiger partial charge is 0.298 e. The number of aliphatic hydroxyl groups excluding tert-OH is 1. The van der Waals surface area contributed by atoms with Gasteiger partial charge in [-0.25, -0.2) is 9.07 Å². The Morgan fingerprint density at radius 1 is 1.17 bits per heavy atom. The summed E-state index contributed by atoms with van der Waals surface area (Å²) in [7, 11) is 1.73. The van der Waals surface area contributed by atoms with Crippen molar-refractivity contribution in [3.8, 4) is 16.9 Å². The lowest BCUT2D eigenvalue weighted by Gasteiger charge is -2.20. The SMILES string of the molecule is C[C@@H](NC(=O)c1ccc(=O)n(-c2cccc(-c3cnnn3C)c2)c1)c1cccc(C(F)(F)CO)c1F. The Labute approximate surface area is 203 Å². The second-order valence-corrected chi connectivity index (χ2v) is 8.19. The van der Waals surface area contributed by atoms with Crippen molar-refractivity contribution in [1.29, 1.82) is 0 Å². The van der Waals surface area contributed by atoms with Gasteiger partial charge in [0.05, 0.1) is 29.1 Å². The van der Waals surface area contributed by atoms with Crippen molar-refractivity contribution in [3.05, 3.63) is 99.9 Å². The molecule has 0 bridgehead atoms. The van der Waals surface area contributed by atoms with Gasteiger partial charge < -0.3 is 10.4 Å². The van der Waals surface area contributed by atoms with Crippen molar-refractivity contribution in [2.24, 2.45) is 7.05 Å². The summed E-state index contributed by atoms with van der Waals surface area (Å²) >= 11 is 0. The monoisotopic (exact) mass is 497 g/mol. The minimum atomic E-state index is -3.76. The third-order valence-corrected chi connectivity index (χ3v) is 5.74. The fourth-order valence-electron chi connectivity index (χ4n) is 3.80. The molecule has 4 rings (SSSR count). The van der Waals surface area contributed by atoms with Crippen LogP contribution >= 0.6 is 0 Å².